The van der Waals surface area contributed by atoms with E-state index in [0.29, 0.717) is 6.10 Å². The van der Waals surface area contributed by atoms with E-state index in [1.54, 1.807) is 0 Å². The van der Waals surface area contributed by atoms with Gasteiger partial charge in [0.15, 0.2) is 0 Å². The smallest absolute Gasteiger partial charge is 0.119 e. The number of rotatable bonds is 0. The van der Waals surface area contributed by atoms with E-state index >= 15 is 0 Å². The van der Waals surface area contributed by atoms with E-state index in [2.05, 4.69) is 18.8 Å². The van der Waals surface area contributed by atoms with Gasteiger partial charge in [0.1, 0.15) is 6.10 Å². The number of ether oxygens (including phenoxy) is 1. The lowest BCUT2D eigenvalue weighted by Gasteiger charge is -2.01. The third kappa shape index (κ3) is 2.37. The fourth-order valence-electron chi connectivity index (χ4n) is 1.59. The first-order valence-electron chi connectivity index (χ1n) is 5.06. The molecule has 0 radical (unpaired) electrons. The second-order valence-electron chi connectivity index (χ2n) is 3.65. The standard InChI is InChI=1S/C13H14O/c1-11-7-9-13(14-11)10-8-12-5-3-2-4-6-12/h2-6,11,13H,7,9H2,1H3/t11-,13+/m0/s1. The molecule has 2 rings (SSSR count). The van der Waals surface area contributed by atoms with Crippen molar-refractivity contribution in [3.05, 3.63) is 35.9 Å². The minimum atomic E-state index is 0.144. The summed E-state index contributed by atoms with van der Waals surface area (Å²) in [4.78, 5) is 0. The lowest BCUT2D eigenvalue weighted by molar-refractivity contribution is 0.0885. The molecule has 1 nitrogen and oxygen atoms in total. The molecule has 2 atom stereocenters. The van der Waals surface area contributed by atoms with Gasteiger partial charge in [0.25, 0.3) is 0 Å². The Morgan fingerprint density at radius 2 is 2.00 bits per heavy atom. The molecule has 14 heavy (non-hydrogen) atoms. The number of benzene rings is 1. The van der Waals surface area contributed by atoms with Crippen molar-refractivity contribution >= 4 is 0 Å². The summed E-state index contributed by atoms with van der Waals surface area (Å²) in [5.41, 5.74) is 1.07. The Balaban J connectivity index is 2.01. The largest absolute Gasteiger partial charge is 0.363 e. The molecule has 1 aliphatic rings. The second kappa shape index (κ2) is 4.30. The number of hydrogen-bond acceptors (Lipinski definition) is 1. The SMILES string of the molecule is C[C@H]1CC[C@H](C#Cc2ccccc2)O1. The molecule has 1 fully saturated rings. The summed E-state index contributed by atoms with van der Waals surface area (Å²) in [6, 6.07) is 10.0. The molecular weight excluding hydrogens is 172 g/mol. The summed E-state index contributed by atoms with van der Waals surface area (Å²) >= 11 is 0. The highest BCUT2D eigenvalue weighted by atomic mass is 16.5. The fourth-order valence-corrected chi connectivity index (χ4v) is 1.59. The maximum atomic E-state index is 5.61. The zero-order chi connectivity index (χ0) is 9.80. The highest BCUT2D eigenvalue weighted by Crippen LogP contribution is 2.18. The number of hydrogen-bond donors (Lipinski definition) is 0. The zero-order valence-electron chi connectivity index (χ0n) is 8.36. The third-order valence-electron chi connectivity index (χ3n) is 2.38. The van der Waals surface area contributed by atoms with Crippen LogP contribution in [-0.4, -0.2) is 12.2 Å². The lowest BCUT2D eigenvalue weighted by atomic mass is 10.2. The quantitative estimate of drug-likeness (QED) is 0.566. The van der Waals surface area contributed by atoms with Gasteiger partial charge in [-0.15, -0.1) is 0 Å². The average Bonchev–Trinajstić information content (AvgIpc) is 2.63. The summed E-state index contributed by atoms with van der Waals surface area (Å²) in [5, 5.41) is 0. The molecule has 1 saturated heterocycles. The van der Waals surface area contributed by atoms with Gasteiger partial charge in [-0.05, 0) is 31.9 Å². The van der Waals surface area contributed by atoms with Crippen LogP contribution in [0.5, 0.6) is 0 Å². The van der Waals surface area contributed by atoms with Crippen LogP contribution in [0.1, 0.15) is 25.3 Å². The van der Waals surface area contributed by atoms with Crippen LogP contribution in [0, 0.1) is 11.8 Å². The Morgan fingerprint density at radius 1 is 1.21 bits per heavy atom. The predicted octanol–water partition coefficient (Wildman–Crippen LogP) is 2.61. The molecule has 1 aromatic rings. The van der Waals surface area contributed by atoms with Crippen molar-refractivity contribution in [3.63, 3.8) is 0 Å². The first-order valence-corrected chi connectivity index (χ1v) is 5.06. The minimum absolute atomic E-state index is 0.144. The van der Waals surface area contributed by atoms with E-state index in [0.717, 1.165) is 18.4 Å². The van der Waals surface area contributed by atoms with Gasteiger partial charge in [0.05, 0.1) is 6.10 Å². The van der Waals surface area contributed by atoms with E-state index < -0.39 is 0 Å². The fraction of sp³-hybridized carbons (Fsp3) is 0.385. The second-order valence-corrected chi connectivity index (χ2v) is 3.65. The molecule has 1 heterocycles. The van der Waals surface area contributed by atoms with Crippen LogP contribution < -0.4 is 0 Å². The molecule has 0 amide bonds. The van der Waals surface area contributed by atoms with E-state index in [1.165, 1.54) is 0 Å². The Labute approximate surface area is 85.1 Å². The minimum Gasteiger partial charge on any atom is -0.363 e. The Morgan fingerprint density at radius 3 is 2.64 bits per heavy atom. The molecule has 0 bridgehead atoms. The first kappa shape index (κ1) is 9.30. The van der Waals surface area contributed by atoms with E-state index in [9.17, 15) is 0 Å². The zero-order valence-corrected chi connectivity index (χ0v) is 8.36. The summed E-state index contributed by atoms with van der Waals surface area (Å²) in [6.07, 6.45) is 2.73. The maximum absolute atomic E-state index is 5.61. The van der Waals surface area contributed by atoms with Crippen LogP contribution in [0.4, 0.5) is 0 Å². The van der Waals surface area contributed by atoms with Crippen molar-refractivity contribution in [3.8, 4) is 11.8 Å². The van der Waals surface area contributed by atoms with Crippen LogP contribution in [0.2, 0.25) is 0 Å². The van der Waals surface area contributed by atoms with Crippen LogP contribution in [0.3, 0.4) is 0 Å². The van der Waals surface area contributed by atoms with Crippen molar-refractivity contribution in [2.45, 2.75) is 32.0 Å². The van der Waals surface area contributed by atoms with E-state index in [4.69, 9.17) is 4.74 Å². The topological polar surface area (TPSA) is 9.23 Å². The van der Waals surface area contributed by atoms with Crippen LogP contribution >= 0.6 is 0 Å². The molecule has 1 aliphatic heterocycles. The molecule has 0 saturated carbocycles. The monoisotopic (exact) mass is 186 g/mol. The Kier molecular flexibility index (Phi) is 2.86. The molecule has 1 aromatic carbocycles. The van der Waals surface area contributed by atoms with Crippen molar-refractivity contribution in [1.82, 2.24) is 0 Å². The van der Waals surface area contributed by atoms with Crippen LogP contribution in [0.15, 0.2) is 30.3 Å². The highest BCUT2D eigenvalue weighted by Gasteiger charge is 2.19. The normalized spacial score (nSPS) is 25.5. The summed E-state index contributed by atoms with van der Waals surface area (Å²) in [5.74, 6) is 6.29. The molecule has 72 valence electrons. The summed E-state index contributed by atoms with van der Waals surface area (Å²) in [7, 11) is 0. The van der Waals surface area contributed by atoms with E-state index in [1.807, 2.05) is 30.3 Å². The van der Waals surface area contributed by atoms with Gasteiger partial charge in [0, 0.05) is 5.56 Å². The Bertz CT molecular complexity index is 344. The van der Waals surface area contributed by atoms with Gasteiger partial charge < -0.3 is 4.74 Å². The molecule has 0 N–H and O–H groups in total. The van der Waals surface area contributed by atoms with Gasteiger partial charge in [-0.1, -0.05) is 30.0 Å². The van der Waals surface area contributed by atoms with Gasteiger partial charge in [-0.3, -0.25) is 0 Å². The third-order valence-corrected chi connectivity index (χ3v) is 2.38. The van der Waals surface area contributed by atoms with Crippen molar-refractivity contribution in [2.24, 2.45) is 0 Å². The van der Waals surface area contributed by atoms with Gasteiger partial charge in [-0.2, -0.15) is 0 Å². The predicted molar refractivity (Wildman–Crippen MR) is 56.9 cm³/mol. The van der Waals surface area contributed by atoms with Gasteiger partial charge in [-0.25, -0.2) is 0 Å². The van der Waals surface area contributed by atoms with E-state index in [-0.39, 0.29) is 6.10 Å². The molecule has 0 spiro atoms. The van der Waals surface area contributed by atoms with Crippen molar-refractivity contribution in [1.29, 1.82) is 0 Å². The summed E-state index contributed by atoms with van der Waals surface area (Å²) < 4.78 is 5.61. The van der Waals surface area contributed by atoms with Crippen molar-refractivity contribution < 1.29 is 4.74 Å². The van der Waals surface area contributed by atoms with Crippen LogP contribution in [-0.2, 0) is 4.74 Å². The van der Waals surface area contributed by atoms with Gasteiger partial charge in [0.2, 0.25) is 0 Å². The van der Waals surface area contributed by atoms with Crippen LogP contribution in [0.25, 0.3) is 0 Å². The lowest BCUT2D eigenvalue weighted by Crippen LogP contribution is -2.04. The molecule has 1 heteroatoms. The van der Waals surface area contributed by atoms with Crippen molar-refractivity contribution in [2.75, 3.05) is 0 Å². The highest BCUT2D eigenvalue weighted by molar-refractivity contribution is 5.34. The molecule has 0 aromatic heterocycles. The molecule has 0 aliphatic carbocycles. The maximum Gasteiger partial charge on any atom is 0.119 e. The summed E-state index contributed by atoms with van der Waals surface area (Å²) in [6.45, 7) is 2.10. The van der Waals surface area contributed by atoms with Gasteiger partial charge >= 0.3 is 0 Å². The molecular formula is C13H14O. The average molecular weight is 186 g/mol. The first-order chi connectivity index (χ1) is 6.84. The Hall–Kier alpha value is -1.26. The molecule has 0 unspecified atom stereocenters.